The molecular formula is C10H19F3O2. The third kappa shape index (κ3) is 10.0. The molecule has 0 saturated heterocycles. The number of unbranched alkanes of at least 4 members (excludes halogenated alkanes) is 1. The van der Waals surface area contributed by atoms with Gasteiger partial charge < -0.3 is 9.84 Å². The minimum Gasteiger partial charge on any atom is -0.393 e. The van der Waals surface area contributed by atoms with E-state index in [-0.39, 0.29) is 18.6 Å². The van der Waals surface area contributed by atoms with Crippen molar-refractivity contribution in [3.05, 3.63) is 0 Å². The molecule has 1 N–H and O–H groups in total. The minimum atomic E-state index is -4.24. The van der Waals surface area contributed by atoms with Crippen LogP contribution in [0.5, 0.6) is 0 Å². The number of hydrogen-bond acceptors (Lipinski definition) is 2. The fourth-order valence-corrected chi connectivity index (χ4v) is 1.08. The summed E-state index contributed by atoms with van der Waals surface area (Å²) in [6.07, 6.45) is -2.74. The van der Waals surface area contributed by atoms with Crippen molar-refractivity contribution in [1.29, 1.82) is 0 Å². The van der Waals surface area contributed by atoms with Crippen molar-refractivity contribution in [1.82, 2.24) is 0 Å². The van der Waals surface area contributed by atoms with Crippen LogP contribution in [0.1, 0.15) is 33.1 Å². The molecule has 0 aromatic carbocycles. The number of rotatable bonds is 7. The van der Waals surface area contributed by atoms with Gasteiger partial charge in [-0.3, -0.25) is 0 Å². The topological polar surface area (TPSA) is 29.5 Å². The second-order valence-electron chi connectivity index (χ2n) is 3.97. The normalized spacial score (nSPS) is 14.6. The Morgan fingerprint density at radius 3 is 2.27 bits per heavy atom. The minimum absolute atomic E-state index is 0.102. The molecule has 0 saturated carbocycles. The predicted molar refractivity (Wildman–Crippen MR) is 51.6 cm³/mol. The highest BCUT2D eigenvalue weighted by Gasteiger charge is 2.27. The number of alkyl halides is 3. The zero-order valence-electron chi connectivity index (χ0n) is 9.18. The highest BCUT2D eigenvalue weighted by molar-refractivity contribution is 4.59. The molecule has 0 aromatic rings. The molecule has 1 unspecified atom stereocenters. The number of aliphatic hydroxyl groups excluding tert-OH is 1. The van der Waals surface area contributed by atoms with Gasteiger partial charge in [0.05, 0.1) is 6.10 Å². The molecule has 0 fully saturated rings. The summed E-state index contributed by atoms with van der Waals surface area (Å²) in [4.78, 5) is 0. The smallest absolute Gasteiger partial charge is 0.393 e. The van der Waals surface area contributed by atoms with Gasteiger partial charge >= 0.3 is 6.18 Å². The van der Waals surface area contributed by atoms with Crippen LogP contribution >= 0.6 is 0 Å². The molecule has 0 aromatic heterocycles. The predicted octanol–water partition coefficient (Wildman–Crippen LogP) is 2.75. The number of hydrogen-bond donors (Lipinski definition) is 1. The molecule has 0 amide bonds. The summed E-state index contributed by atoms with van der Waals surface area (Å²) in [6, 6.07) is 0. The first kappa shape index (κ1) is 14.7. The molecule has 0 bridgehead atoms. The van der Waals surface area contributed by atoms with Gasteiger partial charge in [0, 0.05) is 6.61 Å². The Morgan fingerprint density at radius 2 is 1.80 bits per heavy atom. The fraction of sp³-hybridized carbons (Fsp3) is 1.00. The lowest BCUT2D eigenvalue weighted by Gasteiger charge is -2.13. The average Bonchev–Trinajstić information content (AvgIpc) is 2.08. The molecular weight excluding hydrogens is 209 g/mol. The van der Waals surface area contributed by atoms with Gasteiger partial charge in [0.25, 0.3) is 0 Å². The van der Waals surface area contributed by atoms with E-state index >= 15 is 0 Å². The van der Waals surface area contributed by atoms with Crippen LogP contribution in [0, 0.1) is 5.92 Å². The van der Waals surface area contributed by atoms with E-state index in [9.17, 15) is 18.3 Å². The highest BCUT2D eigenvalue weighted by Crippen LogP contribution is 2.15. The molecule has 0 aliphatic carbocycles. The molecule has 92 valence electrons. The van der Waals surface area contributed by atoms with Crippen LogP contribution in [0.4, 0.5) is 13.2 Å². The number of aliphatic hydroxyl groups is 1. The summed E-state index contributed by atoms with van der Waals surface area (Å²) in [5.41, 5.74) is 0. The summed E-state index contributed by atoms with van der Waals surface area (Å²) in [7, 11) is 0. The zero-order chi connectivity index (χ0) is 11.9. The number of ether oxygens (including phenoxy) is 1. The number of halogens is 3. The maximum Gasteiger partial charge on any atom is 0.411 e. The van der Waals surface area contributed by atoms with E-state index in [4.69, 9.17) is 0 Å². The molecule has 0 radical (unpaired) electrons. The van der Waals surface area contributed by atoms with Crippen LogP contribution in [0.2, 0.25) is 0 Å². The van der Waals surface area contributed by atoms with E-state index in [0.717, 1.165) is 0 Å². The van der Waals surface area contributed by atoms with Crippen molar-refractivity contribution in [2.45, 2.75) is 45.4 Å². The van der Waals surface area contributed by atoms with E-state index in [1.807, 2.05) is 13.8 Å². The third-order valence-corrected chi connectivity index (χ3v) is 2.07. The van der Waals surface area contributed by atoms with Crippen LogP contribution in [-0.2, 0) is 4.74 Å². The SMILES string of the molecule is CC(C)C(O)CCCCOCC(F)(F)F. The molecule has 0 rings (SSSR count). The van der Waals surface area contributed by atoms with E-state index in [2.05, 4.69) is 4.74 Å². The van der Waals surface area contributed by atoms with E-state index in [1.165, 1.54) is 0 Å². The monoisotopic (exact) mass is 228 g/mol. The quantitative estimate of drug-likeness (QED) is 0.679. The fourth-order valence-electron chi connectivity index (χ4n) is 1.08. The van der Waals surface area contributed by atoms with Crippen molar-refractivity contribution in [2.24, 2.45) is 5.92 Å². The van der Waals surface area contributed by atoms with Crippen molar-refractivity contribution in [3.63, 3.8) is 0 Å². The van der Waals surface area contributed by atoms with Crippen LogP contribution in [-0.4, -0.2) is 30.6 Å². The van der Waals surface area contributed by atoms with Crippen molar-refractivity contribution >= 4 is 0 Å². The first-order valence-electron chi connectivity index (χ1n) is 5.15. The van der Waals surface area contributed by atoms with Gasteiger partial charge in [0.15, 0.2) is 0 Å². The summed E-state index contributed by atoms with van der Waals surface area (Å²) >= 11 is 0. The molecule has 0 spiro atoms. The van der Waals surface area contributed by atoms with Crippen LogP contribution in [0.25, 0.3) is 0 Å². The Morgan fingerprint density at radius 1 is 1.20 bits per heavy atom. The van der Waals surface area contributed by atoms with E-state index < -0.39 is 12.8 Å². The zero-order valence-corrected chi connectivity index (χ0v) is 9.18. The summed E-state index contributed by atoms with van der Waals surface area (Å²) in [5.74, 6) is 0.195. The standard InChI is InChI=1S/C10H19F3O2/c1-8(2)9(14)5-3-4-6-15-7-10(11,12)13/h8-9,14H,3-7H2,1-2H3. The molecule has 0 aliphatic heterocycles. The maximum atomic E-state index is 11.6. The Hall–Kier alpha value is -0.290. The van der Waals surface area contributed by atoms with Gasteiger partial charge in [-0.05, 0) is 25.2 Å². The Balaban J connectivity index is 3.26. The first-order chi connectivity index (χ1) is 6.83. The molecule has 5 heteroatoms. The largest absolute Gasteiger partial charge is 0.411 e. The van der Waals surface area contributed by atoms with Crippen molar-refractivity contribution in [3.8, 4) is 0 Å². The molecule has 0 aliphatic rings. The van der Waals surface area contributed by atoms with Crippen LogP contribution in [0.15, 0.2) is 0 Å². The van der Waals surface area contributed by atoms with Gasteiger partial charge in [-0.1, -0.05) is 13.8 Å². The molecule has 2 nitrogen and oxygen atoms in total. The summed E-state index contributed by atoms with van der Waals surface area (Å²) < 4.78 is 39.3. The van der Waals surface area contributed by atoms with Gasteiger partial charge in [-0.15, -0.1) is 0 Å². The lowest BCUT2D eigenvalue weighted by Crippen LogP contribution is -2.18. The van der Waals surface area contributed by atoms with E-state index in [1.54, 1.807) is 0 Å². The van der Waals surface area contributed by atoms with Crippen LogP contribution in [0.3, 0.4) is 0 Å². The Bertz CT molecular complexity index is 157. The second kappa shape index (κ2) is 7.06. The lowest BCUT2D eigenvalue weighted by atomic mass is 10.0. The second-order valence-corrected chi connectivity index (χ2v) is 3.97. The van der Waals surface area contributed by atoms with Gasteiger partial charge in [-0.25, -0.2) is 0 Å². The molecule has 15 heavy (non-hydrogen) atoms. The van der Waals surface area contributed by atoms with Crippen LogP contribution < -0.4 is 0 Å². The van der Waals surface area contributed by atoms with Crippen molar-refractivity contribution < 1.29 is 23.0 Å². The summed E-state index contributed by atoms with van der Waals surface area (Å²) in [5, 5.41) is 9.39. The maximum absolute atomic E-state index is 11.6. The Labute approximate surface area is 88.4 Å². The molecule has 0 heterocycles. The Kier molecular flexibility index (Phi) is 6.92. The lowest BCUT2D eigenvalue weighted by molar-refractivity contribution is -0.174. The van der Waals surface area contributed by atoms with Crippen molar-refractivity contribution in [2.75, 3.05) is 13.2 Å². The van der Waals surface area contributed by atoms with Gasteiger partial charge in [0.1, 0.15) is 6.61 Å². The highest BCUT2D eigenvalue weighted by atomic mass is 19.4. The van der Waals surface area contributed by atoms with E-state index in [0.29, 0.717) is 19.3 Å². The molecule has 1 atom stereocenters. The van der Waals surface area contributed by atoms with Gasteiger partial charge in [0.2, 0.25) is 0 Å². The first-order valence-corrected chi connectivity index (χ1v) is 5.15. The summed E-state index contributed by atoms with van der Waals surface area (Å²) in [6.45, 7) is 2.74. The average molecular weight is 228 g/mol. The third-order valence-electron chi connectivity index (χ3n) is 2.07. The van der Waals surface area contributed by atoms with Gasteiger partial charge in [-0.2, -0.15) is 13.2 Å².